The number of benzene rings is 1. The fourth-order valence-corrected chi connectivity index (χ4v) is 3.32. The number of phenolic OH excluding ortho intramolecular Hbond substituents is 1. The first kappa shape index (κ1) is 18.3. The minimum Gasteiger partial charge on any atom is -0.508 e. The van der Waals surface area contributed by atoms with Crippen LogP contribution in [0.5, 0.6) is 5.75 Å². The Labute approximate surface area is 152 Å². The highest BCUT2D eigenvalue weighted by molar-refractivity contribution is 5.90. The molecule has 0 atom stereocenters. The van der Waals surface area contributed by atoms with E-state index in [4.69, 9.17) is 0 Å². The normalized spacial score (nSPS) is 19.9. The standard InChI is InChI=1S/C20H24FN3O2/c1-2-17-20(24-19(26)11-13-3-7-15(21)8-4-13)22-12-18(23-17)14-5-9-16(25)10-6-14/h5-6,9-10,12-13,15,25H,2-4,7-8,11H2,1H3,(H,22,24,26). The van der Waals surface area contributed by atoms with Gasteiger partial charge in [-0.2, -0.15) is 0 Å². The van der Waals surface area contributed by atoms with E-state index in [1.54, 1.807) is 30.5 Å². The predicted octanol–water partition coefficient (Wildman–Crippen LogP) is 4.27. The largest absolute Gasteiger partial charge is 0.508 e. The van der Waals surface area contributed by atoms with Crippen LogP contribution in [0.3, 0.4) is 0 Å². The van der Waals surface area contributed by atoms with E-state index >= 15 is 0 Å². The number of hydrogen-bond acceptors (Lipinski definition) is 4. The zero-order valence-corrected chi connectivity index (χ0v) is 14.9. The Hall–Kier alpha value is -2.50. The van der Waals surface area contributed by atoms with Crippen molar-refractivity contribution in [2.24, 2.45) is 5.92 Å². The van der Waals surface area contributed by atoms with Gasteiger partial charge in [-0.1, -0.05) is 6.92 Å². The van der Waals surface area contributed by atoms with E-state index in [0.29, 0.717) is 37.2 Å². The number of amides is 1. The Morgan fingerprint density at radius 2 is 1.92 bits per heavy atom. The van der Waals surface area contributed by atoms with Crippen molar-refractivity contribution in [1.82, 2.24) is 9.97 Å². The molecule has 0 saturated heterocycles. The number of nitrogens with one attached hydrogen (secondary N) is 1. The van der Waals surface area contributed by atoms with Gasteiger partial charge in [-0.15, -0.1) is 0 Å². The lowest BCUT2D eigenvalue weighted by Gasteiger charge is -2.23. The van der Waals surface area contributed by atoms with Crippen LogP contribution in [-0.4, -0.2) is 27.2 Å². The van der Waals surface area contributed by atoms with Crippen LogP contribution >= 0.6 is 0 Å². The molecular formula is C20H24FN3O2. The maximum atomic E-state index is 13.2. The number of alkyl halides is 1. The van der Waals surface area contributed by atoms with Gasteiger partial charge in [0.25, 0.3) is 0 Å². The molecule has 26 heavy (non-hydrogen) atoms. The fourth-order valence-electron chi connectivity index (χ4n) is 3.32. The third-order valence-corrected chi connectivity index (χ3v) is 4.85. The molecule has 1 amide bonds. The summed E-state index contributed by atoms with van der Waals surface area (Å²) >= 11 is 0. The molecule has 1 saturated carbocycles. The number of aryl methyl sites for hydroxylation is 1. The van der Waals surface area contributed by atoms with Crippen molar-refractivity contribution in [3.05, 3.63) is 36.2 Å². The first-order valence-electron chi connectivity index (χ1n) is 9.14. The maximum Gasteiger partial charge on any atom is 0.225 e. The van der Waals surface area contributed by atoms with Crippen molar-refractivity contribution >= 4 is 11.7 Å². The molecule has 6 heteroatoms. The van der Waals surface area contributed by atoms with Crippen molar-refractivity contribution in [3.8, 4) is 17.0 Å². The van der Waals surface area contributed by atoms with Gasteiger partial charge in [-0.3, -0.25) is 4.79 Å². The molecule has 0 aliphatic heterocycles. The Morgan fingerprint density at radius 1 is 1.23 bits per heavy atom. The maximum absolute atomic E-state index is 13.2. The lowest BCUT2D eigenvalue weighted by molar-refractivity contribution is -0.117. The van der Waals surface area contributed by atoms with Gasteiger partial charge in [0.2, 0.25) is 5.91 Å². The molecule has 0 spiro atoms. The average Bonchev–Trinajstić information content (AvgIpc) is 2.64. The molecule has 138 valence electrons. The second-order valence-electron chi connectivity index (χ2n) is 6.82. The molecule has 1 fully saturated rings. The Kier molecular flexibility index (Phi) is 5.81. The molecule has 0 radical (unpaired) electrons. The van der Waals surface area contributed by atoms with Crippen molar-refractivity contribution in [1.29, 1.82) is 0 Å². The molecule has 5 nitrogen and oxygen atoms in total. The highest BCUT2D eigenvalue weighted by atomic mass is 19.1. The number of hydrogen-bond donors (Lipinski definition) is 2. The number of carbonyl (C=O) groups excluding carboxylic acids is 1. The molecule has 1 aromatic heterocycles. The first-order chi connectivity index (χ1) is 12.5. The Balaban J connectivity index is 1.67. The molecule has 1 aliphatic rings. The number of nitrogens with zero attached hydrogens (tertiary/aromatic N) is 2. The van der Waals surface area contributed by atoms with Crippen LogP contribution in [-0.2, 0) is 11.2 Å². The quantitative estimate of drug-likeness (QED) is 0.838. The molecule has 0 unspecified atom stereocenters. The second-order valence-corrected chi connectivity index (χ2v) is 6.82. The average molecular weight is 357 g/mol. The molecule has 2 N–H and O–H groups in total. The van der Waals surface area contributed by atoms with Gasteiger partial charge in [0, 0.05) is 12.0 Å². The minimum atomic E-state index is -0.709. The summed E-state index contributed by atoms with van der Waals surface area (Å²) in [6, 6.07) is 6.76. The van der Waals surface area contributed by atoms with Crippen LogP contribution in [0.2, 0.25) is 0 Å². The highest BCUT2D eigenvalue weighted by Gasteiger charge is 2.23. The van der Waals surface area contributed by atoms with Gasteiger partial charge in [0.05, 0.1) is 17.6 Å². The molecule has 1 aromatic carbocycles. The monoisotopic (exact) mass is 357 g/mol. The van der Waals surface area contributed by atoms with E-state index in [-0.39, 0.29) is 17.6 Å². The number of anilines is 1. The molecule has 1 heterocycles. The molecule has 2 aromatic rings. The number of phenols is 1. The summed E-state index contributed by atoms with van der Waals surface area (Å²) in [5.74, 6) is 0.840. The number of aromatic hydroxyl groups is 1. The van der Waals surface area contributed by atoms with Crippen molar-refractivity contribution in [3.63, 3.8) is 0 Å². The Morgan fingerprint density at radius 3 is 2.58 bits per heavy atom. The van der Waals surface area contributed by atoms with Gasteiger partial charge in [0.1, 0.15) is 11.9 Å². The van der Waals surface area contributed by atoms with E-state index < -0.39 is 6.17 Å². The third kappa shape index (κ3) is 4.56. The number of aromatic nitrogens is 2. The lowest BCUT2D eigenvalue weighted by atomic mass is 9.86. The smallest absolute Gasteiger partial charge is 0.225 e. The van der Waals surface area contributed by atoms with Gasteiger partial charge in [-0.05, 0) is 62.3 Å². The second kappa shape index (κ2) is 8.25. The summed E-state index contributed by atoms with van der Waals surface area (Å²) in [5, 5.41) is 12.3. The van der Waals surface area contributed by atoms with E-state index in [0.717, 1.165) is 24.1 Å². The van der Waals surface area contributed by atoms with Gasteiger partial charge in [0.15, 0.2) is 5.82 Å². The zero-order valence-electron chi connectivity index (χ0n) is 14.9. The van der Waals surface area contributed by atoms with Crippen molar-refractivity contribution in [2.75, 3.05) is 5.32 Å². The van der Waals surface area contributed by atoms with E-state index in [9.17, 15) is 14.3 Å². The third-order valence-electron chi connectivity index (χ3n) is 4.85. The molecular weight excluding hydrogens is 333 g/mol. The van der Waals surface area contributed by atoms with Crippen molar-refractivity contribution < 1.29 is 14.3 Å². The Bertz CT molecular complexity index is 756. The number of halogens is 1. The zero-order chi connectivity index (χ0) is 18.5. The van der Waals surface area contributed by atoms with Crippen molar-refractivity contribution in [2.45, 2.75) is 51.6 Å². The summed E-state index contributed by atoms with van der Waals surface area (Å²) in [4.78, 5) is 21.3. The highest BCUT2D eigenvalue weighted by Crippen LogP contribution is 2.29. The number of carbonyl (C=O) groups is 1. The SMILES string of the molecule is CCc1nc(-c2ccc(O)cc2)cnc1NC(=O)CC1CCC(F)CC1. The lowest BCUT2D eigenvalue weighted by Crippen LogP contribution is -2.22. The van der Waals surface area contributed by atoms with E-state index in [1.165, 1.54) is 0 Å². The van der Waals surface area contributed by atoms with Crippen LogP contribution in [0, 0.1) is 5.92 Å². The summed E-state index contributed by atoms with van der Waals surface area (Å²) < 4.78 is 13.2. The van der Waals surface area contributed by atoms with Crippen LogP contribution in [0.4, 0.5) is 10.2 Å². The summed E-state index contributed by atoms with van der Waals surface area (Å²) in [6.45, 7) is 1.96. The molecule has 3 rings (SSSR count). The topological polar surface area (TPSA) is 75.1 Å². The predicted molar refractivity (Wildman–Crippen MR) is 98.6 cm³/mol. The van der Waals surface area contributed by atoms with Gasteiger partial charge in [-0.25, -0.2) is 14.4 Å². The van der Waals surface area contributed by atoms with Gasteiger partial charge >= 0.3 is 0 Å². The van der Waals surface area contributed by atoms with Crippen LogP contribution < -0.4 is 5.32 Å². The molecule has 0 bridgehead atoms. The number of rotatable bonds is 5. The summed E-state index contributed by atoms with van der Waals surface area (Å²) in [6.07, 6.45) is 4.59. The van der Waals surface area contributed by atoms with Crippen LogP contribution in [0.1, 0.15) is 44.7 Å². The fraction of sp³-hybridized carbons (Fsp3) is 0.450. The first-order valence-corrected chi connectivity index (χ1v) is 9.14. The molecule has 1 aliphatic carbocycles. The van der Waals surface area contributed by atoms with E-state index in [2.05, 4.69) is 15.3 Å². The van der Waals surface area contributed by atoms with Crippen LogP contribution in [0.15, 0.2) is 30.5 Å². The van der Waals surface area contributed by atoms with Gasteiger partial charge < -0.3 is 10.4 Å². The summed E-state index contributed by atoms with van der Waals surface area (Å²) in [7, 11) is 0. The minimum absolute atomic E-state index is 0.0892. The van der Waals surface area contributed by atoms with Crippen LogP contribution in [0.25, 0.3) is 11.3 Å². The van der Waals surface area contributed by atoms with E-state index in [1.807, 2.05) is 6.92 Å². The summed E-state index contributed by atoms with van der Waals surface area (Å²) in [5.41, 5.74) is 2.27.